The first-order valence-electron chi connectivity index (χ1n) is 3.97. The van der Waals surface area contributed by atoms with Crippen LogP contribution in [0.15, 0.2) is 0 Å². The molecule has 1 aromatic heterocycles. The van der Waals surface area contributed by atoms with Gasteiger partial charge < -0.3 is 4.74 Å². The van der Waals surface area contributed by atoms with Gasteiger partial charge in [0.05, 0.1) is 13.0 Å². The van der Waals surface area contributed by atoms with E-state index in [4.69, 9.17) is 23.2 Å². The second-order valence-electron chi connectivity index (χ2n) is 2.72. The molecule has 1 heterocycles. The molecule has 5 heteroatoms. The smallest absolute Gasteiger partial charge is 0.348 e. The van der Waals surface area contributed by atoms with Crippen molar-refractivity contribution >= 4 is 40.5 Å². The van der Waals surface area contributed by atoms with Crippen LogP contribution in [0.1, 0.15) is 25.7 Å². The number of hydrogen-bond acceptors (Lipinski definition) is 3. The van der Waals surface area contributed by atoms with Crippen LogP contribution < -0.4 is 0 Å². The predicted octanol–water partition coefficient (Wildman–Crippen LogP) is 3.32. The summed E-state index contributed by atoms with van der Waals surface area (Å²) in [7, 11) is 1.36. The standard InChI is InChI=1S/C9H10Cl2O2S/c1-5-6(3-10)7(4-11)14-8(5)9(12)13-2/h3-4H2,1-2H3. The molecule has 0 fully saturated rings. The Morgan fingerprint density at radius 1 is 1.43 bits per heavy atom. The average Bonchev–Trinajstić information content (AvgIpc) is 2.53. The summed E-state index contributed by atoms with van der Waals surface area (Å²) in [6.45, 7) is 1.86. The van der Waals surface area contributed by atoms with Crippen LogP contribution >= 0.6 is 34.5 Å². The third kappa shape index (κ3) is 2.05. The van der Waals surface area contributed by atoms with Gasteiger partial charge in [0.1, 0.15) is 4.88 Å². The second kappa shape index (κ2) is 5.01. The predicted molar refractivity (Wildman–Crippen MR) is 59.5 cm³/mol. The molecule has 2 nitrogen and oxygen atoms in total. The van der Waals surface area contributed by atoms with Gasteiger partial charge >= 0.3 is 5.97 Å². The molecular formula is C9H10Cl2O2S. The van der Waals surface area contributed by atoms with E-state index in [0.29, 0.717) is 16.6 Å². The lowest BCUT2D eigenvalue weighted by Gasteiger charge is -1.97. The average molecular weight is 253 g/mol. The van der Waals surface area contributed by atoms with Gasteiger partial charge in [-0.3, -0.25) is 0 Å². The lowest BCUT2D eigenvalue weighted by Crippen LogP contribution is -2.00. The highest BCUT2D eigenvalue weighted by molar-refractivity contribution is 7.14. The number of esters is 1. The molecule has 0 amide bonds. The highest BCUT2D eigenvalue weighted by Gasteiger charge is 2.18. The van der Waals surface area contributed by atoms with E-state index >= 15 is 0 Å². The lowest BCUT2D eigenvalue weighted by atomic mass is 10.1. The van der Waals surface area contributed by atoms with Gasteiger partial charge in [0.25, 0.3) is 0 Å². The highest BCUT2D eigenvalue weighted by Crippen LogP contribution is 2.31. The number of rotatable bonds is 3. The Kier molecular flexibility index (Phi) is 4.23. The van der Waals surface area contributed by atoms with E-state index in [1.807, 2.05) is 6.92 Å². The summed E-state index contributed by atoms with van der Waals surface area (Å²) in [5.41, 5.74) is 1.83. The molecule has 1 aromatic rings. The number of methoxy groups -OCH3 is 1. The highest BCUT2D eigenvalue weighted by atomic mass is 35.5. The minimum Gasteiger partial charge on any atom is -0.465 e. The molecule has 0 unspecified atom stereocenters. The molecule has 1 rings (SSSR count). The van der Waals surface area contributed by atoms with E-state index in [1.165, 1.54) is 18.4 Å². The van der Waals surface area contributed by atoms with Gasteiger partial charge in [0.15, 0.2) is 0 Å². The first kappa shape index (κ1) is 11.8. The molecule has 0 aliphatic heterocycles. The van der Waals surface area contributed by atoms with Crippen LogP contribution in [0.4, 0.5) is 0 Å². The summed E-state index contributed by atoms with van der Waals surface area (Å²) in [4.78, 5) is 12.9. The van der Waals surface area contributed by atoms with E-state index in [2.05, 4.69) is 4.74 Å². The third-order valence-corrected chi connectivity index (χ3v) is 3.99. The normalized spacial score (nSPS) is 10.3. The van der Waals surface area contributed by atoms with Gasteiger partial charge in [-0.15, -0.1) is 34.5 Å². The zero-order valence-electron chi connectivity index (χ0n) is 7.89. The van der Waals surface area contributed by atoms with Crippen LogP contribution in [-0.2, 0) is 16.5 Å². The van der Waals surface area contributed by atoms with Gasteiger partial charge in [0, 0.05) is 10.8 Å². The summed E-state index contributed by atoms with van der Waals surface area (Å²) >= 11 is 12.9. The van der Waals surface area contributed by atoms with Crippen LogP contribution in [0.5, 0.6) is 0 Å². The fraction of sp³-hybridized carbons (Fsp3) is 0.444. The maximum atomic E-state index is 11.3. The molecule has 0 aliphatic rings. The van der Waals surface area contributed by atoms with Crippen molar-refractivity contribution in [1.29, 1.82) is 0 Å². The van der Waals surface area contributed by atoms with Crippen LogP contribution in [0.25, 0.3) is 0 Å². The zero-order valence-corrected chi connectivity index (χ0v) is 10.2. The van der Waals surface area contributed by atoms with Gasteiger partial charge in [-0.05, 0) is 18.1 Å². The van der Waals surface area contributed by atoms with E-state index in [-0.39, 0.29) is 5.97 Å². The minimum absolute atomic E-state index is 0.324. The summed E-state index contributed by atoms with van der Waals surface area (Å²) in [6, 6.07) is 0. The van der Waals surface area contributed by atoms with Gasteiger partial charge in [-0.1, -0.05) is 0 Å². The molecule has 0 saturated heterocycles. The van der Waals surface area contributed by atoms with E-state index in [9.17, 15) is 4.79 Å². The van der Waals surface area contributed by atoms with Crippen molar-refractivity contribution in [3.63, 3.8) is 0 Å². The van der Waals surface area contributed by atoms with Gasteiger partial charge in [0.2, 0.25) is 0 Å². The van der Waals surface area contributed by atoms with Gasteiger partial charge in [-0.25, -0.2) is 4.79 Å². The molecule has 0 spiro atoms. The maximum Gasteiger partial charge on any atom is 0.348 e. The number of alkyl halides is 2. The zero-order chi connectivity index (χ0) is 10.7. The number of hydrogen-bond donors (Lipinski definition) is 0. The first-order chi connectivity index (χ1) is 6.65. The molecule has 14 heavy (non-hydrogen) atoms. The molecule has 0 radical (unpaired) electrons. The summed E-state index contributed by atoms with van der Waals surface area (Å²) < 4.78 is 4.66. The summed E-state index contributed by atoms with van der Waals surface area (Å²) in [5.74, 6) is 0.432. The first-order valence-corrected chi connectivity index (χ1v) is 5.85. The summed E-state index contributed by atoms with van der Waals surface area (Å²) in [6.07, 6.45) is 0. The van der Waals surface area contributed by atoms with E-state index < -0.39 is 0 Å². The van der Waals surface area contributed by atoms with Crippen LogP contribution in [-0.4, -0.2) is 13.1 Å². The second-order valence-corrected chi connectivity index (χ2v) is 4.36. The Labute approximate surface area is 96.8 Å². The molecule has 0 aliphatic carbocycles. The van der Waals surface area contributed by atoms with Crippen molar-refractivity contribution in [3.8, 4) is 0 Å². The Balaban J connectivity index is 3.20. The molecule has 0 N–H and O–H groups in total. The third-order valence-electron chi connectivity index (χ3n) is 1.98. The van der Waals surface area contributed by atoms with Gasteiger partial charge in [-0.2, -0.15) is 0 Å². The molecule has 0 atom stereocenters. The van der Waals surface area contributed by atoms with Crippen molar-refractivity contribution in [2.24, 2.45) is 0 Å². The van der Waals surface area contributed by atoms with Crippen molar-refractivity contribution in [2.75, 3.05) is 7.11 Å². The molecule has 0 aromatic carbocycles. The Bertz CT molecular complexity index is 347. The van der Waals surface area contributed by atoms with E-state index in [0.717, 1.165) is 16.0 Å². The fourth-order valence-corrected chi connectivity index (χ4v) is 3.04. The van der Waals surface area contributed by atoms with Crippen molar-refractivity contribution in [3.05, 3.63) is 20.9 Å². The Hall–Kier alpha value is -0.250. The number of ether oxygens (including phenoxy) is 1. The number of carbonyl (C=O) groups is 1. The van der Waals surface area contributed by atoms with Crippen LogP contribution in [0.3, 0.4) is 0 Å². The lowest BCUT2D eigenvalue weighted by molar-refractivity contribution is 0.0605. The Morgan fingerprint density at radius 2 is 2.07 bits per heavy atom. The van der Waals surface area contributed by atoms with Crippen LogP contribution in [0, 0.1) is 6.92 Å². The molecule has 78 valence electrons. The quantitative estimate of drug-likeness (QED) is 0.610. The Morgan fingerprint density at radius 3 is 2.43 bits per heavy atom. The largest absolute Gasteiger partial charge is 0.465 e. The molecule has 0 saturated carbocycles. The van der Waals surface area contributed by atoms with Crippen molar-refractivity contribution < 1.29 is 9.53 Å². The monoisotopic (exact) mass is 252 g/mol. The SMILES string of the molecule is COC(=O)c1sc(CCl)c(CCl)c1C. The van der Waals surface area contributed by atoms with Crippen LogP contribution in [0.2, 0.25) is 0 Å². The maximum absolute atomic E-state index is 11.3. The number of carbonyl (C=O) groups excluding carboxylic acids is 1. The fourth-order valence-electron chi connectivity index (χ4n) is 1.18. The molecular weight excluding hydrogens is 243 g/mol. The number of thiophene rings is 1. The molecule has 0 bridgehead atoms. The van der Waals surface area contributed by atoms with E-state index in [1.54, 1.807) is 0 Å². The topological polar surface area (TPSA) is 26.3 Å². The summed E-state index contributed by atoms with van der Waals surface area (Å²) in [5, 5.41) is 0. The minimum atomic E-state index is -0.324. The van der Waals surface area contributed by atoms with Crippen molar-refractivity contribution in [2.45, 2.75) is 18.7 Å². The van der Waals surface area contributed by atoms with Crippen molar-refractivity contribution in [1.82, 2.24) is 0 Å². The number of halogens is 2.